The first kappa shape index (κ1) is 24.7. The van der Waals surface area contributed by atoms with Crippen molar-refractivity contribution in [2.75, 3.05) is 33.4 Å². The largest absolute Gasteiger partial charge is 0.496 e. The molecule has 9 nitrogen and oxygen atoms in total. The first-order valence-electron chi connectivity index (χ1n) is 10.7. The van der Waals surface area contributed by atoms with Gasteiger partial charge in [0.15, 0.2) is 0 Å². The zero-order valence-corrected chi connectivity index (χ0v) is 19.6. The molecule has 10 heteroatoms. The zero-order valence-electron chi connectivity index (χ0n) is 18.7. The molecule has 2 amide bonds. The highest BCUT2D eigenvalue weighted by Crippen LogP contribution is 2.26. The lowest BCUT2D eigenvalue weighted by atomic mass is 10.1. The average molecular weight is 476 g/mol. The fourth-order valence-corrected chi connectivity index (χ4v) is 5.21. The Morgan fingerprint density at radius 2 is 1.85 bits per heavy atom. The Hall–Kier alpha value is -2.95. The number of rotatable bonds is 8. The lowest BCUT2D eigenvalue weighted by Gasteiger charge is -2.34. The molecule has 0 spiro atoms. The van der Waals surface area contributed by atoms with E-state index in [-0.39, 0.29) is 18.0 Å². The number of methoxy groups -OCH3 is 1. The minimum atomic E-state index is -3.87. The molecule has 0 saturated carbocycles. The summed E-state index contributed by atoms with van der Waals surface area (Å²) in [5, 5.41) is 5.05. The van der Waals surface area contributed by atoms with Crippen LogP contribution in [0.15, 0.2) is 53.4 Å². The van der Waals surface area contributed by atoms with Crippen LogP contribution in [-0.4, -0.2) is 64.1 Å². The average Bonchev–Trinajstić information content (AvgIpc) is 2.83. The van der Waals surface area contributed by atoms with E-state index in [0.29, 0.717) is 37.3 Å². The number of sulfonamides is 1. The Kier molecular flexibility index (Phi) is 8.43. The van der Waals surface area contributed by atoms with Crippen molar-refractivity contribution in [1.82, 2.24) is 14.9 Å². The molecule has 2 aromatic rings. The van der Waals surface area contributed by atoms with Gasteiger partial charge in [-0.1, -0.05) is 30.3 Å². The number of aryl methyl sites for hydroxylation is 1. The molecular formula is C23H29N3O6S. The SMILES string of the molecule is COc1ccc(S(=O)(=O)N2CCCOC2CNC(=O)C(=O)NCCc2ccccc2)cc1C. The van der Waals surface area contributed by atoms with Gasteiger partial charge in [0.05, 0.1) is 25.2 Å². The summed E-state index contributed by atoms with van der Waals surface area (Å²) in [6.07, 6.45) is 0.213. The molecule has 0 aromatic heterocycles. The second-order valence-corrected chi connectivity index (χ2v) is 9.52. The van der Waals surface area contributed by atoms with Crippen molar-refractivity contribution in [3.8, 4) is 5.75 Å². The molecule has 1 aliphatic heterocycles. The van der Waals surface area contributed by atoms with Crippen molar-refractivity contribution >= 4 is 21.8 Å². The third kappa shape index (κ3) is 6.31. The minimum Gasteiger partial charge on any atom is -0.496 e. The Bertz CT molecular complexity index is 1070. The van der Waals surface area contributed by atoms with Crippen LogP contribution in [0.5, 0.6) is 5.75 Å². The van der Waals surface area contributed by atoms with E-state index in [4.69, 9.17) is 9.47 Å². The van der Waals surface area contributed by atoms with E-state index in [0.717, 1.165) is 5.56 Å². The van der Waals surface area contributed by atoms with Gasteiger partial charge in [-0.05, 0) is 49.1 Å². The third-order valence-electron chi connectivity index (χ3n) is 5.31. The first-order chi connectivity index (χ1) is 15.8. The van der Waals surface area contributed by atoms with Crippen LogP contribution in [0.25, 0.3) is 0 Å². The van der Waals surface area contributed by atoms with E-state index < -0.39 is 28.1 Å². The molecule has 1 aliphatic rings. The van der Waals surface area contributed by atoms with Crippen molar-refractivity contribution in [1.29, 1.82) is 0 Å². The molecule has 33 heavy (non-hydrogen) atoms. The highest BCUT2D eigenvalue weighted by molar-refractivity contribution is 7.89. The number of hydrogen-bond donors (Lipinski definition) is 2. The van der Waals surface area contributed by atoms with Crippen LogP contribution < -0.4 is 15.4 Å². The predicted molar refractivity (Wildman–Crippen MR) is 122 cm³/mol. The molecule has 1 atom stereocenters. The number of amides is 2. The fourth-order valence-electron chi connectivity index (χ4n) is 3.55. The maximum absolute atomic E-state index is 13.2. The molecular weight excluding hydrogens is 446 g/mol. The molecule has 1 heterocycles. The van der Waals surface area contributed by atoms with Crippen molar-refractivity contribution < 1.29 is 27.5 Å². The van der Waals surface area contributed by atoms with E-state index in [2.05, 4.69) is 10.6 Å². The van der Waals surface area contributed by atoms with E-state index in [1.54, 1.807) is 19.1 Å². The van der Waals surface area contributed by atoms with E-state index in [9.17, 15) is 18.0 Å². The molecule has 2 N–H and O–H groups in total. The third-order valence-corrected chi connectivity index (χ3v) is 7.20. The van der Waals surface area contributed by atoms with Gasteiger partial charge in [-0.3, -0.25) is 9.59 Å². The number of nitrogens with one attached hydrogen (secondary N) is 2. The van der Waals surface area contributed by atoms with E-state index in [1.165, 1.54) is 17.5 Å². The summed E-state index contributed by atoms with van der Waals surface area (Å²) in [5.41, 5.74) is 1.73. The summed E-state index contributed by atoms with van der Waals surface area (Å²) in [4.78, 5) is 24.4. The summed E-state index contributed by atoms with van der Waals surface area (Å²) < 4.78 is 38.5. The van der Waals surface area contributed by atoms with Crippen LogP contribution in [0.3, 0.4) is 0 Å². The van der Waals surface area contributed by atoms with Gasteiger partial charge >= 0.3 is 11.8 Å². The summed E-state index contributed by atoms with van der Waals surface area (Å²) in [6.45, 7) is 2.54. The zero-order chi connectivity index (χ0) is 23.8. The quantitative estimate of drug-likeness (QED) is 0.555. The van der Waals surface area contributed by atoms with Crippen molar-refractivity contribution in [2.45, 2.75) is 30.9 Å². The number of hydrogen-bond acceptors (Lipinski definition) is 6. The van der Waals surface area contributed by atoms with Crippen molar-refractivity contribution in [3.63, 3.8) is 0 Å². The Balaban J connectivity index is 1.58. The van der Waals surface area contributed by atoms with E-state index >= 15 is 0 Å². The van der Waals surface area contributed by atoms with Crippen molar-refractivity contribution in [3.05, 3.63) is 59.7 Å². The number of carbonyl (C=O) groups excluding carboxylic acids is 2. The minimum absolute atomic E-state index is 0.112. The number of ether oxygens (including phenoxy) is 2. The molecule has 1 fully saturated rings. The van der Waals surface area contributed by atoms with Gasteiger partial charge < -0.3 is 20.1 Å². The maximum atomic E-state index is 13.2. The molecule has 2 aromatic carbocycles. The van der Waals surface area contributed by atoms with Crippen LogP contribution in [-0.2, 0) is 30.8 Å². The second kappa shape index (κ2) is 11.3. The summed E-state index contributed by atoms with van der Waals surface area (Å²) >= 11 is 0. The van der Waals surface area contributed by atoms with Gasteiger partial charge in [0, 0.05) is 13.1 Å². The first-order valence-corrected chi connectivity index (χ1v) is 12.1. The van der Waals surface area contributed by atoms with Gasteiger partial charge in [0.25, 0.3) is 0 Å². The van der Waals surface area contributed by atoms with Gasteiger partial charge in [0.1, 0.15) is 12.0 Å². The maximum Gasteiger partial charge on any atom is 0.309 e. The van der Waals surface area contributed by atoms with Gasteiger partial charge in [-0.25, -0.2) is 8.42 Å². The lowest BCUT2D eigenvalue weighted by Crippen LogP contribution is -2.53. The molecule has 0 aliphatic carbocycles. The van der Waals surface area contributed by atoms with Crippen LogP contribution in [0.1, 0.15) is 17.5 Å². The molecule has 0 radical (unpaired) electrons. The standard InChI is InChI=1S/C23H29N3O6S/c1-17-15-19(9-10-20(17)31-2)33(29,30)26-13-6-14-32-21(26)16-25-23(28)22(27)24-12-11-18-7-4-3-5-8-18/h3-5,7-10,15,21H,6,11-14,16H2,1-2H3,(H,24,27)(H,25,28). The van der Waals surface area contributed by atoms with E-state index in [1.807, 2.05) is 30.3 Å². The summed E-state index contributed by atoms with van der Waals surface area (Å²) in [5.74, 6) is -1.03. The monoisotopic (exact) mass is 475 g/mol. The van der Waals surface area contributed by atoms with Gasteiger partial charge in [0.2, 0.25) is 10.0 Å². The van der Waals surface area contributed by atoms with Gasteiger partial charge in [-0.2, -0.15) is 4.31 Å². The number of carbonyl (C=O) groups is 2. The molecule has 1 unspecified atom stereocenters. The molecule has 178 valence electrons. The van der Waals surface area contributed by atoms with Crippen molar-refractivity contribution in [2.24, 2.45) is 0 Å². The molecule has 0 bridgehead atoms. The Morgan fingerprint density at radius 3 is 2.55 bits per heavy atom. The second-order valence-electron chi connectivity index (χ2n) is 7.63. The normalized spacial score (nSPS) is 16.7. The topological polar surface area (TPSA) is 114 Å². The smallest absolute Gasteiger partial charge is 0.309 e. The highest BCUT2D eigenvalue weighted by atomic mass is 32.2. The Labute approximate surface area is 194 Å². The number of benzene rings is 2. The fraction of sp³-hybridized carbons (Fsp3) is 0.391. The van der Waals surface area contributed by atoms with Crippen LogP contribution in [0.2, 0.25) is 0 Å². The van der Waals surface area contributed by atoms with Crippen LogP contribution >= 0.6 is 0 Å². The Morgan fingerprint density at radius 1 is 1.12 bits per heavy atom. The summed E-state index contributed by atoms with van der Waals surface area (Å²) in [6, 6.07) is 14.2. The highest BCUT2D eigenvalue weighted by Gasteiger charge is 2.35. The lowest BCUT2D eigenvalue weighted by molar-refractivity contribution is -0.140. The van der Waals surface area contributed by atoms with Crippen LogP contribution in [0.4, 0.5) is 0 Å². The van der Waals surface area contributed by atoms with Crippen LogP contribution in [0, 0.1) is 6.92 Å². The molecule has 3 rings (SSSR count). The molecule has 1 saturated heterocycles. The van der Waals surface area contributed by atoms with Gasteiger partial charge in [-0.15, -0.1) is 0 Å². The number of nitrogens with zero attached hydrogens (tertiary/aromatic N) is 1. The predicted octanol–water partition coefficient (Wildman–Crippen LogP) is 1.22. The summed E-state index contributed by atoms with van der Waals surface area (Å²) in [7, 11) is -2.35.